The van der Waals surface area contributed by atoms with E-state index in [1.807, 2.05) is 39.0 Å². The smallest absolute Gasteiger partial charge is 0.259 e. The Morgan fingerprint density at radius 1 is 1.38 bits per heavy atom. The van der Waals surface area contributed by atoms with Crippen molar-refractivity contribution < 1.29 is 9.59 Å². The molecule has 2 atom stereocenters. The summed E-state index contributed by atoms with van der Waals surface area (Å²) in [4.78, 5) is 31.5. The van der Waals surface area contributed by atoms with E-state index < -0.39 is 6.04 Å². The second-order valence-corrected chi connectivity index (χ2v) is 6.26. The average Bonchev–Trinajstić information content (AvgIpc) is 2.59. The zero-order valence-electron chi connectivity index (χ0n) is 14.1. The number of hydrogen-bond donors (Lipinski definition) is 1. The number of pyridine rings is 1. The standard InChI is InChI=1S/C19H21N3O2/c1-4-13(3)17-18(23)21-15-11-20-9-8-16(15)22(17)19(24)14-7-5-6-12(2)10-14/h5-11,13,17H,4H2,1-3H3,(H,21,23)/t13-,17-/m0/s1. The van der Waals surface area contributed by atoms with E-state index >= 15 is 0 Å². The van der Waals surface area contributed by atoms with Gasteiger partial charge < -0.3 is 5.32 Å². The van der Waals surface area contributed by atoms with Crippen LogP contribution in [0.1, 0.15) is 36.2 Å². The van der Waals surface area contributed by atoms with Crippen molar-refractivity contribution in [2.75, 3.05) is 10.2 Å². The van der Waals surface area contributed by atoms with Gasteiger partial charge in [0, 0.05) is 11.8 Å². The van der Waals surface area contributed by atoms with Gasteiger partial charge in [0.2, 0.25) is 5.91 Å². The first-order valence-corrected chi connectivity index (χ1v) is 8.18. The summed E-state index contributed by atoms with van der Waals surface area (Å²) in [6.07, 6.45) is 4.02. The largest absolute Gasteiger partial charge is 0.321 e. The Kier molecular flexibility index (Phi) is 4.34. The minimum Gasteiger partial charge on any atom is -0.321 e. The van der Waals surface area contributed by atoms with Gasteiger partial charge in [-0.2, -0.15) is 0 Å². The average molecular weight is 323 g/mol. The number of anilines is 2. The molecule has 1 aliphatic heterocycles. The van der Waals surface area contributed by atoms with Crippen molar-refractivity contribution >= 4 is 23.2 Å². The van der Waals surface area contributed by atoms with Crippen LogP contribution in [0.5, 0.6) is 0 Å². The van der Waals surface area contributed by atoms with Crippen LogP contribution in [0.15, 0.2) is 42.7 Å². The molecule has 1 aromatic heterocycles. The van der Waals surface area contributed by atoms with Crippen molar-refractivity contribution in [3.8, 4) is 0 Å². The van der Waals surface area contributed by atoms with Gasteiger partial charge in [0.05, 0.1) is 17.6 Å². The molecule has 1 aromatic carbocycles. The lowest BCUT2D eigenvalue weighted by Gasteiger charge is -2.39. The Labute approximate surface area is 141 Å². The van der Waals surface area contributed by atoms with Crippen molar-refractivity contribution in [3.05, 3.63) is 53.9 Å². The van der Waals surface area contributed by atoms with Gasteiger partial charge in [0.15, 0.2) is 0 Å². The molecule has 0 saturated carbocycles. The van der Waals surface area contributed by atoms with Gasteiger partial charge in [-0.15, -0.1) is 0 Å². The first kappa shape index (κ1) is 16.2. The third-order valence-corrected chi connectivity index (χ3v) is 4.53. The van der Waals surface area contributed by atoms with E-state index in [1.165, 1.54) is 0 Å². The lowest BCUT2D eigenvalue weighted by molar-refractivity contribution is -0.118. The van der Waals surface area contributed by atoms with Crippen molar-refractivity contribution in [1.82, 2.24) is 4.98 Å². The molecule has 1 N–H and O–H groups in total. The molecule has 0 spiro atoms. The second kappa shape index (κ2) is 6.43. The molecule has 0 radical (unpaired) electrons. The van der Waals surface area contributed by atoms with Crippen LogP contribution in [0.3, 0.4) is 0 Å². The number of rotatable bonds is 3. The summed E-state index contributed by atoms with van der Waals surface area (Å²) in [5, 5.41) is 2.88. The van der Waals surface area contributed by atoms with Crippen LogP contribution in [-0.4, -0.2) is 22.8 Å². The third kappa shape index (κ3) is 2.77. The Morgan fingerprint density at radius 3 is 2.88 bits per heavy atom. The van der Waals surface area contributed by atoms with Gasteiger partial charge in [-0.3, -0.25) is 19.5 Å². The number of nitrogens with zero attached hydrogens (tertiary/aromatic N) is 2. The van der Waals surface area contributed by atoms with E-state index in [4.69, 9.17) is 0 Å². The number of hydrogen-bond acceptors (Lipinski definition) is 3. The van der Waals surface area contributed by atoms with E-state index in [0.29, 0.717) is 16.9 Å². The van der Waals surface area contributed by atoms with Crippen molar-refractivity contribution in [2.24, 2.45) is 5.92 Å². The fourth-order valence-corrected chi connectivity index (χ4v) is 3.06. The van der Waals surface area contributed by atoms with Gasteiger partial charge in [0.25, 0.3) is 5.91 Å². The highest BCUT2D eigenvalue weighted by molar-refractivity contribution is 6.16. The topological polar surface area (TPSA) is 62.3 Å². The number of aromatic nitrogens is 1. The maximum absolute atomic E-state index is 13.2. The summed E-state index contributed by atoms with van der Waals surface area (Å²) in [5.74, 6) is -0.280. The molecule has 1 aliphatic rings. The number of fused-ring (bicyclic) bond motifs is 1. The molecule has 5 heteroatoms. The Bertz CT molecular complexity index is 788. The summed E-state index contributed by atoms with van der Waals surface area (Å²) in [7, 11) is 0. The number of amides is 2. The van der Waals surface area contributed by atoms with Crippen LogP contribution < -0.4 is 10.2 Å². The van der Waals surface area contributed by atoms with Crippen LogP contribution in [-0.2, 0) is 4.79 Å². The molecule has 124 valence electrons. The van der Waals surface area contributed by atoms with Gasteiger partial charge in [-0.1, -0.05) is 38.0 Å². The van der Waals surface area contributed by atoms with Gasteiger partial charge in [0.1, 0.15) is 6.04 Å². The molecule has 2 amide bonds. The first-order valence-electron chi connectivity index (χ1n) is 8.18. The quantitative estimate of drug-likeness (QED) is 0.941. The molecule has 2 aromatic rings. The van der Waals surface area contributed by atoms with E-state index in [0.717, 1.165) is 12.0 Å². The molecule has 0 saturated heterocycles. The van der Waals surface area contributed by atoms with Crippen molar-refractivity contribution in [3.63, 3.8) is 0 Å². The van der Waals surface area contributed by atoms with Crippen LogP contribution in [0.4, 0.5) is 11.4 Å². The maximum atomic E-state index is 13.2. The second-order valence-electron chi connectivity index (χ2n) is 6.26. The molecular weight excluding hydrogens is 302 g/mol. The lowest BCUT2D eigenvalue weighted by Crippen LogP contribution is -2.54. The Morgan fingerprint density at radius 2 is 2.17 bits per heavy atom. The van der Waals surface area contributed by atoms with E-state index in [9.17, 15) is 9.59 Å². The molecule has 3 rings (SSSR count). The number of benzene rings is 1. The molecule has 24 heavy (non-hydrogen) atoms. The summed E-state index contributed by atoms with van der Waals surface area (Å²) in [6.45, 7) is 5.96. The lowest BCUT2D eigenvalue weighted by atomic mass is 9.93. The molecule has 0 unspecified atom stereocenters. The van der Waals surface area contributed by atoms with Gasteiger partial charge >= 0.3 is 0 Å². The van der Waals surface area contributed by atoms with Crippen molar-refractivity contribution in [2.45, 2.75) is 33.2 Å². The zero-order valence-corrected chi connectivity index (χ0v) is 14.1. The Balaban J connectivity index is 2.12. The summed E-state index contributed by atoms with van der Waals surface area (Å²) < 4.78 is 0. The molecule has 0 bridgehead atoms. The number of aryl methyl sites for hydroxylation is 1. The maximum Gasteiger partial charge on any atom is 0.259 e. The molecular formula is C19H21N3O2. The predicted molar refractivity (Wildman–Crippen MR) is 94.1 cm³/mol. The number of carbonyl (C=O) groups is 2. The van der Waals surface area contributed by atoms with E-state index in [2.05, 4.69) is 10.3 Å². The molecule has 0 fully saturated rings. The third-order valence-electron chi connectivity index (χ3n) is 4.53. The summed E-state index contributed by atoms with van der Waals surface area (Å²) in [5.41, 5.74) is 2.86. The minimum absolute atomic E-state index is 0.0417. The highest BCUT2D eigenvalue weighted by atomic mass is 16.2. The zero-order chi connectivity index (χ0) is 17.3. The molecule has 5 nitrogen and oxygen atoms in total. The fourth-order valence-electron chi connectivity index (χ4n) is 3.06. The Hall–Kier alpha value is -2.69. The molecule has 0 aliphatic carbocycles. The highest BCUT2D eigenvalue weighted by Gasteiger charge is 2.40. The van der Waals surface area contributed by atoms with Crippen LogP contribution in [0, 0.1) is 12.8 Å². The minimum atomic E-state index is -0.530. The number of carbonyl (C=O) groups excluding carboxylic acids is 2. The van der Waals surface area contributed by atoms with E-state index in [1.54, 1.807) is 29.4 Å². The van der Waals surface area contributed by atoms with E-state index in [-0.39, 0.29) is 17.7 Å². The van der Waals surface area contributed by atoms with Gasteiger partial charge in [-0.05, 0) is 31.0 Å². The first-order chi connectivity index (χ1) is 11.5. The fraction of sp³-hybridized carbons (Fsp3) is 0.316. The summed E-state index contributed by atoms with van der Waals surface area (Å²) in [6, 6.07) is 8.69. The number of nitrogens with one attached hydrogen (secondary N) is 1. The van der Waals surface area contributed by atoms with Crippen molar-refractivity contribution in [1.29, 1.82) is 0 Å². The van der Waals surface area contributed by atoms with Crippen LogP contribution >= 0.6 is 0 Å². The van der Waals surface area contributed by atoms with Crippen LogP contribution in [0.2, 0.25) is 0 Å². The van der Waals surface area contributed by atoms with Crippen LogP contribution in [0.25, 0.3) is 0 Å². The monoisotopic (exact) mass is 323 g/mol. The van der Waals surface area contributed by atoms with Gasteiger partial charge in [-0.25, -0.2) is 0 Å². The normalized spacial score (nSPS) is 17.9. The summed E-state index contributed by atoms with van der Waals surface area (Å²) >= 11 is 0. The predicted octanol–water partition coefficient (Wildman–Crippen LogP) is 3.40. The SMILES string of the molecule is CC[C@H](C)[C@H]1C(=O)Nc2cnccc2N1C(=O)c1cccc(C)c1. The highest BCUT2D eigenvalue weighted by Crippen LogP contribution is 2.35. The molecule has 2 heterocycles.